The van der Waals surface area contributed by atoms with Gasteiger partial charge in [0, 0.05) is 33.3 Å². The largest absolute Gasteiger partial charge is 0.383 e. The lowest BCUT2D eigenvalue weighted by molar-refractivity contribution is -0.120. The van der Waals surface area contributed by atoms with Gasteiger partial charge in [-0.3, -0.25) is 14.7 Å². The molecule has 1 amide bonds. The first-order valence-electron chi connectivity index (χ1n) is 7.65. The minimum Gasteiger partial charge on any atom is -0.383 e. The average Bonchev–Trinajstić information content (AvgIpc) is 2.95. The molecule has 0 spiro atoms. The number of likely N-dealkylation sites (tertiary alicyclic amines) is 1. The SMILES string of the molecule is CCN1CCCC1CNC(=NC)NCC(=O)NCCOC.I. The third kappa shape index (κ3) is 8.14. The molecule has 0 aromatic heterocycles. The second kappa shape index (κ2) is 12.9. The highest BCUT2D eigenvalue weighted by molar-refractivity contribution is 14.0. The molecule has 1 rings (SSSR count). The van der Waals surface area contributed by atoms with Crippen LogP contribution in [0.1, 0.15) is 19.8 Å². The summed E-state index contributed by atoms with van der Waals surface area (Å²) in [6, 6.07) is 0.559. The van der Waals surface area contributed by atoms with Crippen molar-refractivity contribution in [3.63, 3.8) is 0 Å². The molecule has 0 aliphatic carbocycles. The number of methoxy groups -OCH3 is 1. The van der Waals surface area contributed by atoms with Gasteiger partial charge in [0.15, 0.2) is 5.96 Å². The van der Waals surface area contributed by atoms with Crippen molar-refractivity contribution in [1.29, 1.82) is 0 Å². The lowest BCUT2D eigenvalue weighted by Gasteiger charge is -2.23. The highest BCUT2D eigenvalue weighted by Gasteiger charge is 2.22. The van der Waals surface area contributed by atoms with Crippen molar-refractivity contribution in [1.82, 2.24) is 20.9 Å². The molecule has 1 atom stereocenters. The molecular weight excluding hydrogens is 397 g/mol. The number of carbonyl (C=O) groups is 1. The first-order valence-corrected chi connectivity index (χ1v) is 7.65. The summed E-state index contributed by atoms with van der Waals surface area (Å²) < 4.78 is 4.88. The maximum atomic E-state index is 11.6. The lowest BCUT2D eigenvalue weighted by atomic mass is 10.2. The molecule has 7 nitrogen and oxygen atoms in total. The molecule has 0 saturated carbocycles. The molecule has 1 fully saturated rings. The summed E-state index contributed by atoms with van der Waals surface area (Å²) in [6.45, 7) is 6.57. The Morgan fingerprint density at radius 2 is 2.14 bits per heavy atom. The molecule has 1 aliphatic rings. The lowest BCUT2D eigenvalue weighted by Crippen LogP contribution is -2.47. The normalized spacial score (nSPS) is 18.7. The Hall–Kier alpha value is -0.610. The Morgan fingerprint density at radius 3 is 2.77 bits per heavy atom. The van der Waals surface area contributed by atoms with Crippen molar-refractivity contribution in [3.8, 4) is 0 Å². The van der Waals surface area contributed by atoms with Crippen molar-refractivity contribution >= 4 is 35.8 Å². The van der Waals surface area contributed by atoms with Gasteiger partial charge in [0.1, 0.15) is 0 Å². The Bertz CT molecular complexity index is 341. The summed E-state index contributed by atoms with van der Waals surface area (Å²) in [4.78, 5) is 18.2. The minimum absolute atomic E-state index is 0. The Labute approximate surface area is 150 Å². The fraction of sp³-hybridized carbons (Fsp3) is 0.857. The number of guanidine groups is 1. The fourth-order valence-corrected chi connectivity index (χ4v) is 2.50. The van der Waals surface area contributed by atoms with Gasteiger partial charge in [0.2, 0.25) is 5.91 Å². The maximum absolute atomic E-state index is 11.6. The van der Waals surface area contributed by atoms with Crippen LogP contribution in [0.15, 0.2) is 4.99 Å². The van der Waals surface area contributed by atoms with Crippen LogP contribution >= 0.6 is 24.0 Å². The highest BCUT2D eigenvalue weighted by atomic mass is 127. The van der Waals surface area contributed by atoms with E-state index in [0.717, 1.165) is 13.1 Å². The molecule has 1 heterocycles. The van der Waals surface area contributed by atoms with Crippen molar-refractivity contribution in [2.45, 2.75) is 25.8 Å². The zero-order chi connectivity index (χ0) is 15.5. The summed E-state index contributed by atoms with van der Waals surface area (Å²) in [6.07, 6.45) is 2.48. The summed E-state index contributed by atoms with van der Waals surface area (Å²) in [5, 5.41) is 9.07. The number of carbonyl (C=O) groups excluding carboxylic acids is 1. The van der Waals surface area contributed by atoms with Crippen LogP contribution in [0.2, 0.25) is 0 Å². The van der Waals surface area contributed by atoms with Crippen LogP contribution in [0.25, 0.3) is 0 Å². The number of likely N-dealkylation sites (N-methyl/N-ethyl adjacent to an activating group) is 1. The maximum Gasteiger partial charge on any atom is 0.239 e. The van der Waals surface area contributed by atoms with Crippen LogP contribution in [-0.4, -0.2) is 76.3 Å². The molecule has 22 heavy (non-hydrogen) atoms. The van der Waals surface area contributed by atoms with Gasteiger partial charge in [-0.15, -0.1) is 24.0 Å². The van der Waals surface area contributed by atoms with Crippen molar-refractivity contribution in [2.24, 2.45) is 4.99 Å². The van der Waals surface area contributed by atoms with Crippen LogP contribution in [-0.2, 0) is 9.53 Å². The molecule has 1 saturated heterocycles. The summed E-state index contributed by atoms with van der Waals surface area (Å²) in [7, 11) is 3.32. The summed E-state index contributed by atoms with van der Waals surface area (Å²) in [5.41, 5.74) is 0. The van der Waals surface area contributed by atoms with E-state index in [0.29, 0.717) is 25.2 Å². The van der Waals surface area contributed by atoms with Gasteiger partial charge in [-0.1, -0.05) is 6.92 Å². The molecule has 1 unspecified atom stereocenters. The van der Waals surface area contributed by atoms with Crippen LogP contribution in [0, 0.1) is 0 Å². The average molecular weight is 427 g/mol. The molecule has 0 radical (unpaired) electrons. The predicted octanol–water partition coefficient (Wildman–Crippen LogP) is 0.0163. The second-order valence-corrected chi connectivity index (χ2v) is 5.07. The molecule has 1 aliphatic heterocycles. The first-order chi connectivity index (χ1) is 10.2. The molecule has 3 N–H and O–H groups in total. The molecule has 0 bridgehead atoms. The van der Waals surface area contributed by atoms with Crippen LogP contribution in [0.4, 0.5) is 0 Å². The van der Waals surface area contributed by atoms with Gasteiger partial charge in [0.05, 0.1) is 13.2 Å². The van der Waals surface area contributed by atoms with Crippen LogP contribution < -0.4 is 16.0 Å². The van der Waals surface area contributed by atoms with E-state index in [4.69, 9.17) is 4.74 Å². The Balaban J connectivity index is 0.00000441. The van der Waals surface area contributed by atoms with E-state index >= 15 is 0 Å². The monoisotopic (exact) mass is 427 g/mol. The van der Waals surface area contributed by atoms with Crippen molar-refractivity contribution < 1.29 is 9.53 Å². The van der Waals surface area contributed by atoms with Gasteiger partial charge in [-0.05, 0) is 25.9 Å². The number of halogens is 1. The number of amides is 1. The van der Waals surface area contributed by atoms with E-state index < -0.39 is 0 Å². The number of nitrogens with zero attached hydrogens (tertiary/aromatic N) is 2. The zero-order valence-corrected chi connectivity index (χ0v) is 16.2. The number of aliphatic imine (C=N–C) groups is 1. The molecule has 8 heteroatoms. The minimum atomic E-state index is -0.0638. The number of nitrogens with one attached hydrogen (secondary N) is 3. The fourth-order valence-electron chi connectivity index (χ4n) is 2.50. The quantitative estimate of drug-likeness (QED) is 0.220. The Morgan fingerprint density at radius 1 is 1.36 bits per heavy atom. The summed E-state index contributed by atoms with van der Waals surface area (Å²) >= 11 is 0. The van der Waals surface area contributed by atoms with Gasteiger partial charge in [-0.2, -0.15) is 0 Å². The van der Waals surface area contributed by atoms with E-state index in [-0.39, 0.29) is 36.4 Å². The Kier molecular flexibility index (Phi) is 12.5. The van der Waals surface area contributed by atoms with Crippen molar-refractivity contribution in [2.75, 3.05) is 53.5 Å². The van der Waals surface area contributed by atoms with Crippen LogP contribution in [0.3, 0.4) is 0 Å². The molecule has 0 aromatic carbocycles. The number of rotatable bonds is 8. The van der Waals surface area contributed by atoms with Crippen molar-refractivity contribution in [3.05, 3.63) is 0 Å². The van der Waals surface area contributed by atoms with Crippen LogP contribution in [0.5, 0.6) is 0 Å². The van der Waals surface area contributed by atoms with Gasteiger partial charge >= 0.3 is 0 Å². The van der Waals surface area contributed by atoms with E-state index in [9.17, 15) is 4.79 Å². The standard InChI is InChI=1S/C14H29N5O2.HI/c1-4-19-8-5-6-12(19)10-17-14(15-2)18-11-13(20)16-7-9-21-3;/h12H,4-11H2,1-3H3,(H,16,20)(H2,15,17,18);1H. The third-order valence-corrected chi connectivity index (χ3v) is 3.68. The molecular formula is C14H30IN5O2. The van der Waals surface area contributed by atoms with Gasteiger partial charge < -0.3 is 20.7 Å². The van der Waals surface area contributed by atoms with E-state index in [1.807, 2.05) is 0 Å². The molecule has 130 valence electrons. The first kappa shape index (κ1) is 21.4. The number of hydrogen-bond acceptors (Lipinski definition) is 4. The molecule has 0 aromatic rings. The smallest absolute Gasteiger partial charge is 0.239 e. The topological polar surface area (TPSA) is 78.0 Å². The van der Waals surface area contributed by atoms with Gasteiger partial charge in [0.25, 0.3) is 0 Å². The van der Waals surface area contributed by atoms with E-state index in [1.54, 1.807) is 14.2 Å². The summed E-state index contributed by atoms with van der Waals surface area (Å²) in [5.74, 6) is 0.603. The van der Waals surface area contributed by atoms with Gasteiger partial charge in [-0.25, -0.2) is 0 Å². The number of hydrogen-bond donors (Lipinski definition) is 3. The highest BCUT2D eigenvalue weighted by Crippen LogP contribution is 2.15. The third-order valence-electron chi connectivity index (χ3n) is 3.68. The van der Waals surface area contributed by atoms with E-state index in [2.05, 4.69) is 32.8 Å². The number of ether oxygens (including phenoxy) is 1. The second-order valence-electron chi connectivity index (χ2n) is 5.07. The van der Waals surface area contributed by atoms with E-state index in [1.165, 1.54) is 19.4 Å². The predicted molar refractivity (Wildman–Crippen MR) is 99.9 cm³/mol. The zero-order valence-electron chi connectivity index (χ0n) is 13.9.